The highest BCUT2D eigenvalue weighted by molar-refractivity contribution is 5.76. The van der Waals surface area contributed by atoms with Crippen molar-refractivity contribution >= 4 is 5.91 Å². The minimum absolute atomic E-state index is 0.0665. The third-order valence-electron chi connectivity index (χ3n) is 3.71. The maximum atomic E-state index is 13.3. The number of amides is 1. The van der Waals surface area contributed by atoms with Crippen molar-refractivity contribution in [3.63, 3.8) is 0 Å². The highest BCUT2D eigenvalue weighted by atomic mass is 19.1. The van der Waals surface area contributed by atoms with E-state index in [9.17, 15) is 9.18 Å². The molecule has 0 aromatic heterocycles. The summed E-state index contributed by atoms with van der Waals surface area (Å²) in [5.41, 5.74) is 5.62. The molecule has 0 unspecified atom stereocenters. The van der Waals surface area contributed by atoms with E-state index < -0.39 is 5.82 Å². The summed E-state index contributed by atoms with van der Waals surface area (Å²) < 4.78 is 18.6. The molecule has 0 spiro atoms. The van der Waals surface area contributed by atoms with Crippen LogP contribution in [0.15, 0.2) is 24.3 Å². The third kappa shape index (κ3) is 3.93. The summed E-state index contributed by atoms with van der Waals surface area (Å²) in [5, 5.41) is 0. The number of piperidine rings is 1. The molecule has 0 bridgehead atoms. The Morgan fingerprint density at radius 1 is 1.35 bits per heavy atom. The maximum absolute atomic E-state index is 13.3. The quantitative estimate of drug-likeness (QED) is 0.894. The van der Waals surface area contributed by atoms with Crippen LogP contribution in [-0.4, -0.2) is 37.0 Å². The average Bonchev–Trinajstić information content (AvgIpc) is 2.49. The summed E-state index contributed by atoms with van der Waals surface area (Å²) in [5.74, 6) is 0.399. The fourth-order valence-corrected chi connectivity index (χ4v) is 2.39. The molecule has 1 aliphatic heterocycles. The lowest BCUT2D eigenvalue weighted by atomic mass is 9.97. The Morgan fingerprint density at radius 3 is 2.70 bits per heavy atom. The van der Waals surface area contributed by atoms with Crippen LogP contribution < -0.4 is 10.5 Å². The van der Waals surface area contributed by atoms with E-state index in [-0.39, 0.29) is 24.7 Å². The van der Waals surface area contributed by atoms with Gasteiger partial charge in [0.25, 0.3) is 0 Å². The van der Waals surface area contributed by atoms with Gasteiger partial charge >= 0.3 is 0 Å². The Bertz CT molecular complexity index is 445. The second kappa shape index (κ2) is 7.24. The molecule has 0 radical (unpaired) electrons. The SMILES string of the molecule is NCC1CCN(C(=O)CCOc2ccccc2F)CC1. The van der Waals surface area contributed by atoms with Crippen molar-refractivity contribution < 1.29 is 13.9 Å². The largest absolute Gasteiger partial charge is 0.490 e. The molecule has 0 aliphatic carbocycles. The number of rotatable bonds is 5. The lowest BCUT2D eigenvalue weighted by molar-refractivity contribution is -0.133. The number of halogens is 1. The molecule has 4 nitrogen and oxygen atoms in total. The van der Waals surface area contributed by atoms with Gasteiger partial charge in [0.15, 0.2) is 11.6 Å². The van der Waals surface area contributed by atoms with E-state index >= 15 is 0 Å². The third-order valence-corrected chi connectivity index (χ3v) is 3.71. The van der Waals surface area contributed by atoms with E-state index in [1.54, 1.807) is 18.2 Å². The number of benzene rings is 1. The molecule has 1 heterocycles. The molecule has 110 valence electrons. The lowest BCUT2D eigenvalue weighted by Crippen LogP contribution is -2.40. The van der Waals surface area contributed by atoms with Crippen LogP contribution in [0, 0.1) is 11.7 Å². The Labute approximate surface area is 118 Å². The van der Waals surface area contributed by atoms with Gasteiger partial charge in [-0.25, -0.2) is 4.39 Å². The molecule has 0 atom stereocenters. The van der Waals surface area contributed by atoms with Crippen LogP contribution in [-0.2, 0) is 4.79 Å². The average molecular weight is 280 g/mol. The van der Waals surface area contributed by atoms with Crippen LogP contribution in [0.1, 0.15) is 19.3 Å². The first kappa shape index (κ1) is 14.8. The number of ether oxygens (including phenoxy) is 1. The van der Waals surface area contributed by atoms with Crippen LogP contribution in [0.25, 0.3) is 0 Å². The first-order chi connectivity index (χ1) is 9.70. The van der Waals surface area contributed by atoms with Crippen molar-refractivity contribution in [3.05, 3.63) is 30.1 Å². The van der Waals surface area contributed by atoms with E-state index in [0.717, 1.165) is 25.9 Å². The van der Waals surface area contributed by atoms with Gasteiger partial charge in [0.2, 0.25) is 5.91 Å². The van der Waals surface area contributed by atoms with Crippen LogP contribution in [0.2, 0.25) is 0 Å². The Morgan fingerprint density at radius 2 is 2.05 bits per heavy atom. The van der Waals surface area contributed by atoms with Gasteiger partial charge in [-0.15, -0.1) is 0 Å². The minimum Gasteiger partial charge on any atom is -0.490 e. The predicted molar refractivity (Wildman–Crippen MR) is 74.9 cm³/mol. The van der Waals surface area contributed by atoms with Gasteiger partial charge in [0.1, 0.15) is 0 Å². The van der Waals surface area contributed by atoms with E-state index in [0.29, 0.717) is 12.5 Å². The van der Waals surface area contributed by atoms with E-state index in [4.69, 9.17) is 10.5 Å². The summed E-state index contributed by atoms with van der Waals surface area (Å²) in [6.45, 7) is 2.43. The number of likely N-dealkylation sites (tertiary alicyclic amines) is 1. The molecule has 1 aromatic rings. The normalized spacial score (nSPS) is 16.2. The number of hydrogen-bond acceptors (Lipinski definition) is 3. The Balaban J connectivity index is 1.72. The zero-order chi connectivity index (χ0) is 14.4. The minimum atomic E-state index is -0.399. The summed E-state index contributed by atoms with van der Waals surface area (Å²) in [4.78, 5) is 13.8. The highest BCUT2D eigenvalue weighted by Crippen LogP contribution is 2.18. The molecule has 1 aromatic carbocycles. The van der Waals surface area contributed by atoms with E-state index in [1.165, 1.54) is 6.07 Å². The smallest absolute Gasteiger partial charge is 0.225 e. The van der Waals surface area contributed by atoms with Crippen LogP contribution >= 0.6 is 0 Å². The number of hydrogen-bond donors (Lipinski definition) is 1. The summed E-state index contributed by atoms with van der Waals surface area (Å²) in [6.07, 6.45) is 2.22. The van der Waals surface area contributed by atoms with Gasteiger partial charge in [-0.3, -0.25) is 4.79 Å². The maximum Gasteiger partial charge on any atom is 0.225 e. The van der Waals surface area contributed by atoms with Crippen molar-refractivity contribution in [2.24, 2.45) is 11.7 Å². The molecule has 5 heteroatoms. The monoisotopic (exact) mass is 280 g/mol. The lowest BCUT2D eigenvalue weighted by Gasteiger charge is -2.31. The van der Waals surface area contributed by atoms with Crippen LogP contribution in [0.3, 0.4) is 0 Å². The van der Waals surface area contributed by atoms with Crippen molar-refractivity contribution in [2.75, 3.05) is 26.2 Å². The molecule has 2 rings (SSSR count). The molecular weight excluding hydrogens is 259 g/mol. The van der Waals surface area contributed by atoms with Gasteiger partial charge in [0.05, 0.1) is 13.0 Å². The van der Waals surface area contributed by atoms with Gasteiger partial charge in [-0.05, 0) is 37.4 Å². The molecule has 1 saturated heterocycles. The van der Waals surface area contributed by atoms with Gasteiger partial charge < -0.3 is 15.4 Å². The topological polar surface area (TPSA) is 55.6 Å². The Kier molecular flexibility index (Phi) is 5.35. The number of nitrogens with two attached hydrogens (primary N) is 1. The van der Waals surface area contributed by atoms with Gasteiger partial charge in [0, 0.05) is 13.1 Å². The van der Waals surface area contributed by atoms with Gasteiger partial charge in [-0.1, -0.05) is 12.1 Å². The van der Waals surface area contributed by atoms with Crippen molar-refractivity contribution in [2.45, 2.75) is 19.3 Å². The van der Waals surface area contributed by atoms with E-state index in [1.807, 2.05) is 4.90 Å². The second-order valence-electron chi connectivity index (χ2n) is 5.09. The zero-order valence-electron chi connectivity index (χ0n) is 11.6. The van der Waals surface area contributed by atoms with Crippen LogP contribution in [0.5, 0.6) is 5.75 Å². The summed E-state index contributed by atoms with van der Waals surface area (Å²) in [7, 11) is 0. The predicted octanol–water partition coefficient (Wildman–Crippen LogP) is 1.79. The standard InChI is InChI=1S/C15H21FN2O2/c16-13-3-1-2-4-14(13)20-10-7-15(19)18-8-5-12(11-17)6-9-18/h1-4,12H,5-11,17H2. The number of carbonyl (C=O) groups excluding carboxylic acids is 1. The van der Waals surface area contributed by atoms with Crippen LogP contribution in [0.4, 0.5) is 4.39 Å². The number of para-hydroxylation sites is 1. The summed E-state index contributed by atoms with van der Waals surface area (Å²) >= 11 is 0. The van der Waals surface area contributed by atoms with Crippen molar-refractivity contribution in [3.8, 4) is 5.75 Å². The van der Waals surface area contributed by atoms with Gasteiger partial charge in [-0.2, -0.15) is 0 Å². The summed E-state index contributed by atoms with van der Waals surface area (Å²) in [6, 6.07) is 6.22. The molecule has 0 saturated carbocycles. The first-order valence-corrected chi connectivity index (χ1v) is 7.06. The molecular formula is C15H21FN2O2. The Hall–Kier alpha value is -1.62. The second-order valence-corrected chi connectivity index (χ2v) is 5.09. The molecule has 1 fully saturated rings. The fourth-order valence-electron chi connectivity index (χ4n) is 2.39. The molecule has 1 amide bonds. The number of nitrogens with zero attached hydrogens (tertiary/aromatic N) is 1. The molecule has 20 heavy (non-hydrogen) atoms. The molecule has 1 aliphatic rings. The molecule has 2 N–H and O–H groups in total. The van der Waals surface area contributed by atoms with E-state index in [2.05, 4.69) is 0 Å². The van der Waals surface area contributed by atoms with Crippen molar-refractivity contribution in [1.29, 1.82) is 0 Å². The first-order valence-electron chi connectivity index (χ1n) is 7.06. The number of carbonyl (C=O) groups is 1. The van der Waals surface area contributed by atoms with Crippen molar-refractivity contribution in [1.82, 2.24) is 4.90 Å². The zero-order valence-corrected chi connectivity index (χ0v) is 11.6. The highest BCUT2D eigenvalue weighted by Gasteiger charge is 2.21. The fraction of sp³-hybridized carbons (Fsp3) is 0.533.